The summed E-state index contributed by atoms with van der Waals surface area (Å²) in [4.78, 5) is 15.8. The Hall–Kier alpha value is -1.59. The maximum absolute atomic E-state index is 12.2. The van der Waals surface area contributed by atoms with E-state index in [1.807, 2.05) is 19.0 Å². The van der Waals surface area contributed by atoms with Gasteiger partial charge in [0.15, 0.2) is 0 Å². The number of benzene rings is 1. The second-order valence-corrected chi connectivity index (χ2v) is 5.74. The van der Waals surface area contributed by atoms with Gasteiger partial charge in [-0.25, -0.2) is 0 Å². The minimum Gasteiger partial charge on any atom is -0.388 e. The van der Waals surface area contributed by atoms with Crippen molar-refractivity contribution in [3.8, 4) is 0 Å². The van der Waals surface area contributed by atoms with Gasteiger partial charge in [0.1, 0.15) is 0 Å². The fourth-order valence-corrected chi connectivity index (χ4v) is 2.47. The van der Waals surface area contributed by atoms with Crippen LogP contribution < -0.4 is 4.90 Å². The van der Waals surface area contributed by atoms with E-state index in [-0.39, 0.29) is 11.9 Å². The lowest BCUT2D eigenvalue weighted by molar-refractivity contribution is -0.133. The van der Waals surface area contributed by atoms with E-state index in [0.717, 1.165) is 11.3 Å². The number of carbonyl (C=O) groups is 1. The number of rotatable bonds is 5. The topological polar surface area (TPSA) is 53.0 Å². The van der Waals surface area contributed by atoms with Gasteiger partial charge in [0.25, 0.3) is 0 Å². The van der Waals surface area contributed by atoms with E-state index in [4.69, 9.17) is 4.74 Å². The van der Waals surface area contributed by atoms with E-state index in [0.29, 0.717) is 26.1 Å². The number of likely N-dealkylation sites (N-methyl/N-ethyl adjacent to an activating group) is 1. The lowest BCUT2D eigenvalue weighted by atomic mass is 10.1. The fourth-order valence-electron chi connectivity index (χ4n) is 2.47. The Morgan fingerprint density at radius 2 is 1.90 bits per heavy atom. The molecule has 0 unspecified atom stereocenters. The first-order valence-corrected chi connectivity index (χ1v) is 7.27. The van der Waals surface area contributed by atoms with Crippen LogP contribution in [0.1, 0.15) is 12.0 Å². The molecule has 0 bridgehead atoms. The molecule has 1 saturated heterocycles. The average molecular weight is 292 g/mol. The van der Waals surface area contributed by atoms with Crippen molar-refractivity contribution in [3.63, 3.8) is 0 Å². The van der Waals surface area contributed by atoms with Crippen LogP contribution in [0.15, 0.2) is 24.3 Å². The number of aliphatic hydroxyl groups excluding tert-OH is 1. The van der Waals surface area contributed by atoms with E-state index < -0.39 is 6.10 Å². The molecule has 0 aromatic heterocycles. The minimum atomic E-state index is -0.571. The summed E-state index contributed by atoms with van der Waals surface area (Å²) in [5, 5.41) is 9.75. The molecule has 5 nitrogen and oxygen atoms in total. The maximum atomic E-state index is 12.2. The summed E-state index contributed by atoms with van der Waals surface area (Å²) in [6.07, 6.45) is 0.583. The lowest BCUT2D eigenvalue weighted by Crippen LogP contribution is -2.44. The maximum Gasteiger partial charge on any atom is 0.223 e. The first kappa shape index (κ1) is 15.8. The van der Waals surface area contributed by atoms with Crippen molar-refractivity contribution in [1.29, 1.82) is 0 Å². The largest absolute Gasteiger partial charge is 0.388 e. The second kappa shape index (κ2) is 6.91. The molecule has 116 valence electrons. The van der Waals surface area contributed by atoms with Crippen LogP contribution in [0.4, 0.5) is 5.69 Å². The summed E-state index contributed by atoms with van der Waals surface area (Å²) >= 11 is 0. The van der Waals surface area contributed by atoms with E-state index in [1.165, 1.54) is 0 Å². The fraction of sp³-hybridized carbons (Fsp3) is 0.562. The third-order valence-electron chi connectivity index (χ3n) is 3.99. The molecule has 1 aromatic rings. The molecule has 0 aliphatic carbocycles. The molecular weight excluding hydrogens is 268 g/mol. The van der Waals surface area contributed by atoms with E-state index in [2.05, 4.69) is 24.3 Å². The minimum absolute atomic E-state index is 0.0428. The standard InChI is InChI=1S/C16H24N2O3/c1-17(2)13-7-4-12(5-8-13)6-9-16(20)18(3)14-10-21-11-15(14)19/h4-5,7-8,14-15,19H,6,9-11H2,1-3H3/t14-,15-/m1/s1. The number of hydrogen-bond donors (Lipinski definition) is 1. The Morgan fingerprint density at radius 3 is 2.43 bits per heavy atom. The summed E-state index contributed by atoms with van der Waals surface area (Å²) in [6.45, 7) is 0.731. The molecule has 1 amide bonds. The predicted molar refractivity (Wildman–Crippen MR) is 82.5 cm³/mol. The first-order valence-electron chi connectivity index (χ1n) is 7.27. The third kappa shape index (κ3) is 3.95. The van der Waals surface area contributed by atoms with Gasteiger partial charge in [-0.15, -0.1) is 0 Å². The van der Waals surface area contributed by atoms with Gasteiger partial charge >= 0.3 is 0 Å². The van der Waals surface area contributed by atoms with Crippen LogP contribution in [0.2, 0.25) is 0 Å². The van der Waals surface area contributed by atoms with Crippen LogP contribution in [-0.4, -0.2) is 62.4 Å². The van der Waals surface area contributed by atoms with Crippen LogP contribution in [-0.2, 0) is 16.0 Å². The molecule has 0 radical (unpaired) electrons. The average Bonchev–Trinajstić information content (AvgIpc) is 2.90. The predicted octanol–water partition coefficient (Wildman–Crippen LogP) is 0.903. The van der Waals surface area contributed by atoms with Crippen molar-refractivity contribution < 1.29 is 14.6 Å². The molecule has 1 aromatic carbocycles. The highest BCUT2D eigenvalue weighted by Gasteiger charge is 2.31. The van der Waals surface area contributed by atoms with E-state index in [9.17, 15) is 9.90 Å². The molecule has 21 heavy (non-hydrogen) atoms. The Labute approximate surface area is 126 Å². The van der Waals surface area contributed by atoms with Crippen LogP contribution in [0, 0.1) is 0 Å². The Balaban J connectivity index is 1.85. The number of amides is 1. The third-order valence-corrected chi connectivity index (χ3v) is 3.99. The molecular formula is C16H24N2O3. The smallest absolute Gasteiger partial charge is 0.223 e. The number of nitrogens with zero attached hydrogens (tertiary/aromatic N) is 2. The monoisotopic (exact) mass is 292 g/mol. The molecule has 2 atom stereocenters. The highest BCUT2D eigenvalue weighted by Crippen LogP contribution is 2.16. The number of hydrogen-bond acceptors (Lipinski definition) is 4. The quantitative estimate of drug-likeness (QED) is 0.876. The van der Waals surface area contributed by atoms with Crippen molar-refractivity contribution >= 4 is 11.6 Å². The summed E-state index contributed by atoms with van der Waals surface area (Å²) in [5.41, 5.74) is 2.29. The molecule has 0 saturated carbocycles. The van der Waals surface area contributed by atoms with Crippen molar-refractivity contribution in [2.45, 2.75) is 25.0 Å². The number of ether oxygens (including phenoxy) is 1. The molecule has 1 N–H and O–H groups in total. The molecule has 2 rings (SSSR count). The highest BCUT2D eigenvalue weighted by molar-refractivity contribution is 5.76. The normalized spacial score (nSPS) is 21.3. The number of aliphatic hydroxyl groups is 1. The number of carbonyl (C=O) groups excluding carboxylic acids is 1. The van der Waals surface area contributed by atoms with Gasteiger partial charge in [-0.2, -0.15) is 0 Å². The van der Waals surface area contributed by atoms with Crippen LogP contribution in [0.3, 0.4) is 0 Å². The summed E-state index contributed by atoms with van der Waals surface area (Å²) in [5.74, 6) is 0.0428. The second-order valence-electron chi connectivity index (χ2n) is 5.74. The van der Waals surface area contributed by atoms with Gasteiger partial charge < -0.3 is 19.6 Å². The van der Waals surface area contributed by atoms with Crippen molar-refractivity contribution in [2.24, 2.45) is 0 Å². The Bertz CT molecular complexity index is 473. The van der Waals surface area contributed by atoms with Gasteiger partial charge in [0.05, 0.1) is 25.4 Å². The van der Waals surface area contributed by atoms with Crippen LogP contribution >= 0.6 is 0 Å². The Kier molecular flexibility index (Phi) is 5.20. The summed E-state index contributed by atoms with van der Waals surface area (Å²) in [7, 11) is 5.74. The zero-order valence-electron chi connectivity index (χ0n) is 13.0. The number of anilines is 1. The van der Waals surface area contributed by atoms with Gasteiger partial charge in [0.2, 0.25) is 5.91 Å². The SMILES string of the molecule is CN(C)c1ccc(CCC(=O)N(C)[C@@H]2COC[C@H]2O)cc1. The van der Waals surface area contributed by atoms with Gasteiger partial charge in [-0.05, 0) is 24.1 Å². The molecule has 1 aliphatic heterocycles. The molecule has 0 spiro atoms. The Morgan fingerprint density at radius 1 is 1.24 bits per heavy atom. The number of aryl methyl sites for hydroxylation is 1. The molecule has 1 aliphatic rings. The highest BCUT2D eigenvalue weighted by atomic mass is 16.5. The molecule has 5 heteroatoms. The van der Waals surface area contributed by atoms with Gasteiger partial charge in [0, 0.05) is 33.3 Å². The van der Waals surface area contributed by atoms with Gasteiger partial charge in [-0.3, -0.25) is 4.79 Å². The van der Waals surface area contributed by atoms with Crippen molar-refractivity contribution in [1.82, 2.24) is 4.90 Å². The van der Waals surface area contributed by atoms with E-state index >= 15 is 0 Å². The van der Waals surface area contributed by atoms with E-state index in [1.54, 1.807) is 11.9 Å². The molecule has 1 heterocycles. The summed E-state index contributed by atoms with van der Waals surface area (Å²) < 4.78 is 5.19. The van der Waals surface area contributed by atoms with Crippen LogP contribution in [0.25, 0.3) is 0 Å². The van der Waals surface area contributed by atoms with Crippen molar-refractivity contribution in [2.75, 3.05) is 39.3 Å². The summed E-state index contributed by atoms with van der Waals surface area (Å²) in [6, 6.07) is 8.00. The lowest BCUT2D eigenvalue weighted by Gasteiger charge is -2.25. The van der Waals surface area contributed by atoms with Crippen molar-refractivity contribution in [3.05, 3.63) is 29.8 Å². The molecule has 1 fully saturated rings. The zero-order chi connectivity index (χ0) is 15.4. The first-order chi connectivity index (χ1) is 9.99. The zero-order valence-corrected chi connectivity index (χ0v) is 13.0. The van der Waals surface area contributed by atoms with Gasteiger partial charge in [-0.1, -0.05) is 12.1 Å². The van der Waals surface area contributed by atoms with Crippen LogP contribution in [0.5, 0.6) is 0 Å².